The van der Waals surface area contributed by atoms with Gasteiger partial charge in [-0.15, -0.1) is 0 Å². The Morgan fingerprint density at radius 3 is 2.79 bits per heavy atom. The fourth-order valence-corrected chi connectivity index (χ4v) is 3.57. The summed E-state index contributed by atoms with van der Waals surface area (Å²) in [5.74, 6) is 0.0338. The van der Waals surface area contributed by atoms with Crippen LogP contribution >= 0.6 is 11.8 Å². The second kappa shape index (κ2) is 6.41. The zero-order valence-corrected chi connectivity index (χ0v) is 12.0. The highest BCUT2D eigenvalue weighted by Crippen LogP contribution is 2.35. The molecule has 0 amide bonds. The quantitative estimate of drug-likeness (QED) is 0.559. The Morgan fingerprint density at radius 2 is 2.16 bits per heavy atom. The minimum Gasteiger partial charge on any atom is -0.396 e. The largest absolute Gasteiger partial charge is 0.396 e. The van der Waals surface area contributed by atoms with E-state index in [1.807, 2.05) is 13.8 Å². The Morgan fingerprint density at radius 1 is 1.42 bits per heavy atom. The third-order valence-corrected chi connectivity index (χ3v) is 4.57. The molecule has 0 spiro atoms. The Balaban J connectivity index is 2.04. The summed E-state index contributed by atoms with van der Waals surface area (Å²) in [6.07, 6.45) is -1.75. The molecule has 2 heterocycles. The molecule has 0 saturated carbocycles. The molecule has 2 aliphatic rings. The minimum atomic E-state index is -0.940. The van der Waals surface area contributed by atoms with Crippen LogP contribution in [0.15, 0.2) is 4.99 Å². The first kappa shape index (κ1) is 15.1. The molecule has 0 aliphatic carbocycles. The van der Waals surface area contributed by atoms with Crippen molar-refractivity contribution in [1.29, 1.82) is 0 Å². The first-order valence-electron chi connectivity index (χ1n) is 6.66. The molecular formula is C12H22N2O4S. The van der Waals surface area contributed by atoms with Crippen LogP contribution in [-0.4, -0.2) is 63.4 Å². The normalized spacial score (nSPS) is 41.9. The molecule has 2 saturated heterocycles. The Bertz CT molecular complexity index is 342. The number of hydrogen-bond donors (Lipinski definition) is 4. The third kappa shape index (κ3) is 3.22. The van der Waals surface area contributed by atoms with E-state index >= 15 is 0 Å². The van der Waals surface area contributed by atoms with Gasteiger partial charge < -0.3 is 25.4 Å². The van der Waals surface area contributed by atoms with Gasteiger partial charge in [0.1, 0.15) is 17.6 Å². The van der Waals surface area contributed by atoms with Crippen LogP contribution in [0.2, 0.25) is 0 Å². The van der Waals surface area contributed by atoms with E-state index in [0.717, 1.165) is 5.17 Å². The van der Waals surface area contributed by atoms with Gasteiger partial charge in [0.15, 0.2) is 5.17 Å². The number of thioether (sulfide) groups is 1. The van der Waals surface area contributed by atoms with Crippen molar-refractivity contribution in [3.8, 4) is 0 Å². The van der Waals surface area contributed by atoms with E-state index in [1.54, 1.807) is 0 Å². The van der Waals surface area contributed by atoms with Crippen LogP contribution in [0.3, 0.4) is 0 Å². The van der Waals surface area contributed by atoms with Crippen LogP contribution in [0.4, 0.5) is 0 Å². The van der Waals surface area contributed by atoms with Crippen LogP contribution in [0.5, 0.6) is 0 Å². The number of nitrogens with zero attached hydrogens (tertiary/aromatic N) is 1. The van der Waals surface area contributed by atoms with E-state index in [0.29, 0.717) is 13.0 Å². The topological polar surface area (TPSA) is 94.3 Å². The lowest BCUT2D eigenvalue weighted by molar-refractivity contribution is -0.161. The summed E-state index contributed by atoms with van der Waals surface area (Å²) in [5.41, 5.74) is -0.236. The van der Waals surface area contributed by atoms with E-state index < -0.39 is 18.3 Å². The maximum Gasteiger partial charge on any atom is 0.159 e. The van der Waals surface area contributed by atoms with Gasteiger partial charge in [-0.1, -0.05) is 18.7 Å². The fraction of sp³-hybridized carbons (Fsp3) is 0.917. The zero-order chi connectivity index (χ0) is 14.0. The van der Waals surface area contributed by atoms with Crippen molar-refractivity contribution >= 4 is 16.9 Å². The molecule has 2 fully saturated rings. The van der Waals surface area contributed by atoms with Crippen molar-refractivity contribution in [1.82, 2.24) is 5.32 Å². The average molecular weight is 290 g/mol. The summed E-state index contributed by atoms with van der Waals surface area (Å²) in [7, 11) is 0. The van der Waals surface area contributed by atoms with Gasteiger partial charge in [-0.3, -0.25) is 4.99 Å². The number of aliphatic hydroxyl groups excluding tert-OH is 3. The molecule has 6 nitrogen and oxygen atoms in total. The lowest BCUT2D eigenvalue weighted by atomic mass is 9.92. The number of fused-ring (bicyclic) bond motifs is 1. The van der Waals surface area contributed by atoms with E-state index in [2.05, 4.69) is 10.3 Å². The smallest absolute Gasteiger partial charge is 0.159 e. The van der Waals surface area contributed by atoms with Crippen molar-refractivity contribution in [2.24, 2.45) is 10.9 Å². The minimum absolute atomic E-state index is 0.0338. The van der Waals surface area contributed by atoms with Gasteiger partial charge in [-0.2, -0.15) is 0 Å². The fourth-order valence-electron chi connectivity index (χ4n) is 2.36. The average Bonchev–Trinajstić information content (AvgIpc) is 2.78. The number of ether oxygens (including phenoxy) is 1. The highest BCUT2D eigenvalue weighted by atomic mass is 32.2. The van der Waals surface area contributed by atoms with E-state index in [4.69, 9.17) is 9.84 Å². The summed E-state index contributed by atoms with van der Waals surface area (Å²) in [6.45, 7) is 4.54. The molecule has 0 bridgehead atoms. The lowest BCUT2D eigenvalue weighted by Crippen LogP contribution is -2.59. The van der Waals surface area contributed by atoms with E-state index in [9.17, 15) is 10.2 Å². The Kier molecular flexibility index (Phi) is 5.08. The second-order valence-corrected chi connectivity index (χ2v) is 6.20. The summed E-state index contributed by atoms with van der Waals surface area (Å²) in [4.78, 5) is 4.27. The van der Waals surface area contributed by atoms with Gasteiger partial charge in [0.25, 0.3) is 0 Å². The molecule has 19 heavy (non-hydrogen) atoms. The molecule has 110 valence electrons. The second-order valence-electron chi connectivity index (χ2n) is 5.12. The van der Waals surface area contributed by atoms with Crippen molar-refractivity contribution in [2.75, 3.05) is 13.2 Å². The van der Waals surface area contributed by atoms with Crippen LogP contribution in [0, 0.1) is 5.92 Å². The van der Waals surface area contributed by atoms with Gasteiger partial charge in [0, 0.05) is 13.2 Å². The standard InChI is InChI=1S/C12H22N2O4S/c1-3-13-12-14-8-10(17)9(16)7(4-6(2)5-15)18-11(8)19-12/h6-11,15-17H,3-5H2,1-2H3,(H,13,14)/t6?,7-,8-,9-,10-,11-/m1/s1. The number of nitrogens with one attached hydrogen (secondary N) is 1. The molecule has 0 radical (unpaired) electrons. The Hall–Kier alpha value is -0.340. The SMILES string of the molecule is CCN=C1N[C@@H]2[C@@H](O)[C@H](O)[C@@H](CC(C)CO)O[C@@H]2S1. The molecular weight excluding hydrogens is 268 g/mol. The maximum atomic E-state index is 10.2. The first-order chi connectivity index (χ1) is 9.06. The van der Waals surface area contributed by atoms with Gasteiger partial charge in [-0.05, 0) is 19.3 Å². The van der Waals surface area contributed by atoms with Crippen molar-refractivity contribution in [2.45, 2.75) is 50.1 Å². The van der Waals surface area contributed by atoms with E-state index in [1.165, 1.54) is 11.8 Å². The third-order valence-electron chi connectivity index (χ3n) is 3.47. The number of rotatable bonds is 4. The maximum absolute atomic E-state index is 10.2. The summed E-state index contributed by atoms with van der Waals surface area (Å²) >= 11 is 1.45. The predicted octanol–water partition coefficient (Wildman–Crippen LogP) is -0.468. The van der Waals surface area contributed by atoms with Crippen LogP contribution in [0.1, 0.15) is 20.3 Å². The van der Waals surface area contributed by atoms with Crippen LogP contribution in [-0.2, 0) is 4.74 Å². The number of aliphatic hydroxyl groups is 3. The van der Waals surface area contributed by atoms with E-state index in [-0.39, 0.29) is 24.0 Å². The molecule has 2 rings (SSSR count). The first-order valence-corrected chi connectivity index (χ1v) is 7.54. The lowest BCUT2D eigenvalue weighted by Gasteiger charge is -2.39. The van der Waals surface area contributed by atoms with Crippen LogP contribution in [0.25, 0.3) is 0 Å². The molecule has 0 aromatic carbocycles. The molecule has 4 N–H and O–H groups in total. The van der Waals surface area contributed by atoms with Gasteiger partial charge in [-0.25, -0.2) is 0 Å². The molecule has 7 heteroatoms. The zero-order valence-electron chi connectivity index (χ0n) is 11.2. The molecule has 1 unspecified atom stereocenters. The molecule has 0 aromatic heterocycles. The van der Waals surface area contributed by atoms with Gasteiger partial charge >= 0.3 is 0 Å². The number of amidine groups is 1. The van der Waals surface area contributed by atoms with Gasteiger partial charge in [0.2, 0.25) is 0 Å². The molecule has 6 atom stereocenters. The molecule has 0 aromatic rings. The number of hydrogen-bond acceptors (Lipinski definition) is 6. The summed E-state index contributed by atoms with van der Waals surface area (Å²) in [6, 6.07) is -0.328. The summed E-state index contributed by atoms with van der Waals surface area (Å²) < 4.78 is 5.84. The highest BCUT2D eigenvalue weighted by molar-refractivity contribution is 8.14. The highest BCUT2D eigenvalue weighted by Gasteiger charge is 2.48. The monoisotopic (exact) mass is 290 g/mol. The van der Waals surface area contributed by atoms with Crippen molar-refractivity contribution in [3.63, 3.8) is 0 Å². The Labute approximate surface area is 117 Å². The predicted molar refractivity (Wildman–Crippen MR) is 74.0 cm³/mol. The molecule has 2 aliphatic heterocycles. The van der Waals surface area contributed by atoms with Gasteiger partial charge in [0.05, 0.1) is 12.1 Å². The van der Waals surface area contributed by atoms with Crippen LogP contribution < -0.4 is 5.32 Å². The number of aliphatic imine (C=N–C) groups is 1. The van der Waals surface area contributed by atoms with Crippen molar-refractivity contribution in [3.05, 3.63) is 0 Å². The summed E-state index contributed by atoms with van der Waals surface area (Å²) in [5, 5.41) is 33.2. The van der Waals surface area contributed by atoms with Crippen molar-refractivity contribution < 1.29 is 20.1 Å².